The molecule has 1 aliphatic heterocycles. The Morgan fingerprint density at radius 1 is 1.33 bits per heavy atom. The minimum Gasteiger partial charge on any atom is -0.395 e. The van der Waals surface area contributed by atoms with E-state index in [0.717, 1.165) is 45.0 Å². The molecule has 0 bridgehead atoms. The van der Waals surface area contributed by atoms with Crippen LogP contribution in [0.2, 0.25) is 0 Å². The monoisotopic (exact) mass is 254 g/mol. The Kier molecular flexibility index (Phi) is 4.68. The largest absolute Gasteiger partial charge is 0.395 e. The molecule has 18 heavy (non-hydrogen) atoms. The third-order valence-electron chi connectivity index (χ3n) is 3.54. The molecular formula is C12H22N4O2. The van der Waals surface area contributed by atoms with E-state index in [1.807, 2.05) is 6.92 Å². The minimum absolute atomic E-state index is 0.251. The highest BCUT2D eigenvalue weighted by molar-refractivity contribution is 4.86. The van der Waals surface area contributed by atoms with Crippen molar-refractivity contribution < 1.29 is 9.63 Å². The molecule has 1 fully saturated rings. The van der Waals surface area contributed by atoms with Gasteiger partial charge in [-0.1, -0.05) is 12.1 Å². The summed E-state index contributed by atoms with van der Waals surface area (Å²) in [5.74, 6) is 1.38. The van der Waals surface area contributed by atoms with Crippen LogP contribution in [0.4, 0.5) is 0 Å². The first kappa shape index (κ1) is 13.5. The fraction of sp³-hybridized carbons (Fsp3) is 0.833. The molecule has 0 radical (unpaired) electrons. The number of rotatable bonds is 5. The van der Waals surface area contributed by atoms with Gasteiger partial charge >= 0.3 is 0 Å². The van der Waals surface area contributed by atoms with E-state index in [0.29, 0.717) is 11.9 Å². The fourth-order valence-electron chi connectivity index (χ4n) is 2.39. The summed E-state index contributed by atoms with van der Waals surface area (Å²) < 4.78 is 4.97. The first-order chi connectivity index (χ1) is 8.72. The molecular weight excluding hydrogens is 232 g/mol. The number of aromatic nitrogens is 2. The average Bonchev–Trinajstić information content (AvgIpc) is 2.78. The molecule has 1 saturated heterocycles. The van der Waals surface area contributed by atoms with Gasteiger partial charge in [0, 0.05) is 39.1 Å². The van der Waals surface area contributed by atoms with Crippen molar-refractivity contribution in [1.29, 1.82) is 0 Å². The molecule has 1 aromatic heterocycles. The molecule has 0 saturated carbocycles. The zero-order chi connectivity index (χ0) is 13.0. The van der Waals surface area contributed by atoms with E-state index >= 15 is 0 Å². The number of hydrogen-bond donors (Lipinski definition) is 1. The summed E-state index contributed by atoms with van der Waals surface area (Å²) >= 11 is 0. The molecule has 0 aromatic carbocycles. The molecule has 0 spiro atoms. The van der Waals surface area contributed by atoms with Crippen LogP contribution in [0.25, 0.3) is 0 Å². The van der Waals surface area contributed by atoms with Crippen molar-refractivity contribution in [3.63, 3.8) is 0 Å². The lowest BCUT2D eigenvalue weighted by molar-refractivity contribution is 0.0596. The second-order valence-corrected chi connectivity index (χ2v) is 4.79. The molecule has 6 heteroatoms. The maximum Gasteiger partial charge on any atom is 0.223 e. The van der Waals surface area contributed by atoms with E-state index < -0.39 is 0 Å². The van der Waals surface area contributed by atoms with Crippen LogP contribution in [0.15, 0.2) is 4.52 Å². The van der Waals surface area contributed by atoms with Gasteiger partial charge in [0.25, 0.3) is 0 Å². The summed E-state index contributed by atoms with van der Waals surface area (Å²) in [7, 11) is 0. The highest BCUT2D eigenvalue weighted by Crippen LogP contribution is 2.10. The first-order valence-corrected chi connectivity index (χ1v) is 6.59. The van der Waals surface area contributed by atoms with Crippen molar-refractivity contribution in [3.8, 4) is 0 Å². The van der Waals surface area contributed by atoms with Gasteiger partial charge in [-0.25, -0.2) is 0 Å². The smallest absolute Gasteiger partial charge is 0.223 e. The second-order valence-electron chi connectivity index (χ2n) is 4.79. The van der Waals surface area contributed by atoms with Gasteiger partial charge < -0.3 is 9.63 Å². The van der Waals surface area contributed by atoms with E-state index in [1.165, 1.54) is 0 Å². The fourth-order valence-corrected chi connectivity index (χ4v) is 2.39. The predicted octanol–water partition coefficient (Wildman–Crippen LogP) is 0.267. The molecule has 1 N–H and O–H groups in total. The van der Waals surface area contributed by atoms with Gasteiger partial charge in [-0.05, 0) is 6.42 Å². The third-order valence-corrected chi connectivity index (χ3v) is 3.54. The Labute approximate surface area is 108 Å². The molecule has 1 aliphatic rings. The lowest BCUT2D eigenvalue weighted by Crippen LogP contribution is -2.50. The van der Waals surface area contributed by atoms with Crippen LogP contribution in [0.5, 0.6) is 0 Å². The van der Waals surface area contributed by atoms with E-state index in [2.05, 4.69) is 26.9 Å². The van der Waals surface area contributed by atoms with Crippen LogP contribution < -0.4 is 0 Å². The lowest BCUT2D eigenvalue weighted by Gasteiger charge is -2.37. The van der Waals surface area contributed by atoms with Crippen LogP contribution in [0.1, 0.15) is 25.1 Å². The molecule has 1 aromatic rings. The maximum atomic E-state index is 9.29. The van der Waals surface area contributed by atoms with Crippen molar-refractivity contribution in [2.75, 3.05) is 32.8 Å². The SMILES string of the molecule is CCC(CO)N1CCN(Cc2noc(C)n2)CC1. The average molecular weight is 254 g/mol. The Balaban J connectivity index is 1.79. The maximum absolute atomic E-state index is 9.29. The van der Waals surface area contributed by atoms with Gasteiger partial charge in [0.05, 0.1) is 13.2 Å². The number of aliphatic hydroxyl groups is 1. The molecule has 6 nitrogen and oxygen atoms in total. The quantitative estimate of drug-likeness (QED) is 0.813. The van der Waals surface area contributed by atoms with Gasteiger partial charge in [-0.15, -0.1) is 0 Å². The number of aliphatic hydroxyl groups excluding tert-OH is 1. The van der Waals surface area contributed by atoms with E-state index in [9.17, 15) is 5.11 Å². The first-order valence-electron chi connectivity index (χ1n) is 6.59. The second kappa shape index (κ2) is 6.26. The standard InChI is InChI=1S/C12H22N4O2/c1-3-11(9-17)16-6-4-15(5-7-16)8-12-13-10(2)18-14-12/h11,17H,3-9H2,1-2H3. The van der Waals surface area contributed by atoms with Crippen LogP contribution in [0, 0.1) is 6.92 Å². The zero-order valence-electron chi connectivity index (χ0n) is 11.2. The topological polar surface area (TPSA) is 65.6 Å². The Hall–Kier alpha value is -0.980. The number of aryl methyl sites for hydroxylation is 1. The molecule has 1 unspecified atom stereocenters. The minimum atomic E-state index is 0.251. The van der Waals surface area contributed by atoms with Crippen LogP contribution in [0.3, 0.4) is 0 Å². The van der Waals surface area contributed by atoms with Gasteiger partial charge in [0.1, 0.15) is 0 Å². The van der Waals surface area contributed by atoms with Crippen LogP contribution >= 0.6 is 0 Å². The van der Waals surface area contributed by atoms with E-state index in [4.69, 9.17) is 4.52 Å². The molecule has 2 heterocycles. The number of nitrogens with zero attached hydrogens (tertiary/aromatic N) is 4. The Morgan fingerprint density at radius 2 is 2.06 bits per heavy atom. The third kappa shape index (κ3) is 3.28. The van der Waals surface area contributed by atoms with Crippen molar-refractivity contribution in [1.82, 2.24) is 19.9 Å². The normalized spacial score (nSPS) is 20.2. The Morgan fingerprint density at radius 3 is 2.56 bits per heavy atom. The molecule has 102 valence electrons. The highest BCUT2D eigenvalue weighted by atomic mass is 16.5. The van der Waals surface area contributed by atoms with E-state index in [-0.39, 0.29) is 6.61 Å². The predicted molar refractivity (Wildman–Crippen MR) is 67.0 cm³/mol. The summed E-state index contributed by atoms with van der Waals surface area (Å²) in [5.41, 5.74) is 0. The van der Waals surface area contributed by atoms with Gasteiger partial charge in [-0.2, -0.15) is 4.98 Å². The van der Waals surface area contributed by atoms with Crippen molar-refractivity contribution in [2.45, 2.75) is 32.9 Å². The Bertz CT molecular complexity index is 357. The summed E-state index contributed by atoms with van der Waals surface area (Å²) in [4.78, 5) is 8.90. The summed E-state index contributed by atoms with van der Waals surface area (Å²) in [6.45, 7) is 8.90. The summed E-state index contributed by atoms with van der Waals surface area (Å²) in [6.07, 6.45) is 1.00. The van der Waals surface area contributed by atoms with Crippen LogP contribution in [-0.2, 0) is 6.54 Å². The zero-order valence-corrected chi connectivity index (χ0v) is 11.2. The highest BCUT2D eigenvalue weighted by Gasteiger charge is 2.22. The lowest BCUT2D eigenvalue weighted by atomic mass is 10.1. The molecule has 2 rings (SSSR count). The van der Waals surface area contributed by atoms with Crippen molar-refractivity contribution in [2.24, 2.45) is 0 Å². The summed E-state index contributed by atoms with van der Waals surface area (Å²) in [5, 5.41) is 13.2. The van der Waals surface area contributed by atoms with Crippen LogP contribution in [-0.4, -0.2) is 63.9 Å². The van der Waals surface area contributed by atoms with Gasteiger partial charge in [0.15, 0.2) is 5.82 Å². The number of piperazine rings is 1. The number of hydrogen-bond acceptors (Lipinski definition) is 6. The molecule has 0 amide bonds. The van der Waals surface area contributed by atoms with Gasteiger partial charge in [-0.3, -0.25) is 9.80 Å². The molecule has 1 atom stereocenters. The van der Waals surface area contributed by atoms with Gasteiger partial charge in [0.2, 0.25) is 5.89 Å². The molecule has 0 aliphatic carbocycles. The summed E-state index contributed by atoms with van der Waals surface area (Å²) in [6, 6.07) is 0.305. The van der Waals surface area contributed by atoms with E-state index in [1.54, 1.807) is 0 Å². The van der Waals surface area contributed by atoms with Crippen molar-refractivity contribution >= 4 is 0 Å². The van der Waals surface area contributed by atoms with Crippen molar-refractivity contribution in [3.05, 3.63) is 11.7 Å².